The van der Waals surface area contributed by atoms with Gasteiger partial charge in [-0.2, -0.15) is 0 Å². The number of hydrogen-bond donors (Lipinski definition) is 5. The topological polar surface area (TPSA) is 140 Å². The summed E-state index contributed by atoms with van der Waals surface area (Å²) in [6, 6.07) is 10.5. The number of halogens is 1. The summed E-state index contributed by atoms with van der Waals surface area (Å²) in [4.78, 5) is 48.4. The molecule has 1 heterocycles. The van der Waals surface area contributed by atoms with E-state index in [4.69, 9.17) is 0 Å². The number of carbonyl (C=O) groups is 4. The predicted octanol–water partition coefficient (Wildman–Crippen LogP) is 1.95. The molecule has 1 fully saturated rings. The van der Waals surface area contributed by atoms with E-state index >= 15 is 0 Å². The standard InChI is InChI=1S/C22H24FN5O5/c23-17-4-2-1-3-16(17)18(10-12-29)27-21(32)26-15-7-5-14(6-8-15)25-19(30)9-11-28-20(31)13-24-22(28)33/h1-8,18,29H,9-13H2,(H,24,33)(H,25,30)(H2,26,27,32). The van der Waals surface area contributed by atoms with Crippen molar-refractivity contribution in [2.75, 3.05) is 30.3 Å². The van der Waals surface area contributed by atoms with E-state index in [2.05, 4.69) is 21.3 Å². The first-order chi connectivity index (χ1) is 15.9. The molecule has 1 aliphatic heterocycles. The van der Waals surface area contributed by atoms with E-state index < -0.39 is 23.9 Å². The normalized spacial score (nSPS) is 13.9. The van der Waals surface area contributed by atoms with Gasteiger partial charge in [0.25, 0.3) is 0 Å². The van der Waals surface area contributed by atoms with Crippen LogP contribution in [0, 0.1) is 5.82 Å². The average molecular weight is 457 g/mol. The van der Waals surface area contributed by atoms with Crippen molar-refractivity contribution < 1.29 is 28.7 Å². The Hall–Kier alpha value is -3.99. The van der Waals surface area contributed by atoms with Crippen LogP contribution in [0.4, 0.5) is 25.4 Å². The van der Waals surface area contributed by atoms with Gasteiger partial charge >= 0.3 is 12.1 Å². The lowest BCUT2D eigenvalue weighted by Crippen LogP contribution is -2.33. The molecule has 1 atom stereocenters. The molecule has 0 radical (unpaired) electrons. The fourth-order valence-electron chi connectivity index (χ4n) is 3.27. The number of aliphatic hydroxyl groups is 1. The van der Waals surface area contributed by atoms with Crippen LogP contribution in [-0.2, 0) is 9.59 Å². The van der Waals surface area contributed by atoms with Crippen LogP contribution in [0.5, 0.6) is 0 Å². The number of urea groups is 2. The number of rotatable bonds is 9. The fraction of sp³-hybridized carbons (Fsp3) is 0.273. The molecule has 0 aliphatic carbocycles. The van der Waals surface area contributed by atoms with E-state index in [0.29, 0.717) is 11.4 Å². The molecular weight excluding hydrogens is 433 g/mol. The number of nitrogens with zero attached hydrogens (tertiary/aromatic N) is 1. The van der Waals surface area contributed by atoms with Crippen molar-refractivity contribution in [2.24, 2.45) is 0 Å². The molecule has 33 heavy (non-hydrogen) atoms. The van der Waals surface area contributed by atoms with E-state index in [9.17, 15) is 28.7 Å². The van der Waals surface area contributed by atoms with Crippen LogP contribution in [0.2, 0.25) is 0 Å². The molecule has 1 aliphatic rings. The average Bonchev–Trinajstić information content (AvgIpc) is 3.11. The number of anilines is 2. The summed E-state index contributed by atoms with van der Waals surface area (Å²) >= 11 is 0. The second kappa shape index (κ2) is 11.0. The summed E-state index contributed by atoms with van der Waals surface area (Å²) in [6.45, 7) is -0.318. The van der Waals surface area contributed by atoms with Gasteiger partial charge in [0.05, 0.1) is 12.6 Å². The van der Waals surface area contributed by atoms with Crippen molar-refractivity contribution in [3.63, 3.8) is 0 Å². The maximum atomic E-state index is 14.0. The quantitative estimate of drug-likeness (QED) is 0.366. The van der Waals surface area contributed by atoms with E-state index in [1.165, 1.54) is 12.1 Å². The third-order valence-corrected chi connectivity index (χ3v) is 4.93. The molecule has 3 rings (SSSR count). The van der Waals surface area contributed by atoms with Gasteiger partial charge < -0.3 is 26.4 Å². The zero-order valence-electron chi connectivity index (χ0n) is 17.6. The number of aliphatic hydroxyl groups excluding tert-OH is 1. The van der Waals surface area contributed by atoms with Gasteiger partial charge in [-0.15, -0.1) is 0 Å². The lowest BCUT2D eigenvalue weighted by atomic mass is 10.0. The molecule has 0 bridgehead atoms. The second-order valence-corrected chi connectivity index (χ2v) is 7.26. The minimum Gasteiger partial charge on any atom is -0.396 e. The number of imide groups is 1. The van der Waals surface area contributed by atoms with Crippen LogP contribution in [0.15, 0.2) is 48.5 Å². The largest absolute Gasteiger partial charge is 0.396 e. The molecule has 0 spiro atoms. The van der Waals surface area contributed by atoms with Crippen molar-refractivity contribution in [2.45, 2.75) is 18.9 Å². The molecule has 2 aromatic carbocycles. The highest BCUT2D eigenvalue weighted by Gasteiger charge is 2.28. The maximum absolute atomic E-state index is 14.0. The van der Waals surface area contributed by atoms with Gasteiger partial charge in [-0.05, 0) is 36.8 Å². The van der Waals surface area contributed by atoms with Crippen LogP contribution < -0.4 is 21.3 Å². The minimum atomic E-state index is -0.709. The molecule has 11 heteroatoms. The van der Waals surface area contributed by atoms with E-state index in [-0.39, 0.29) is 49.9 Å². The van der Waals surface area contributed by atoms with Crippen molar-refractivity contribution in [1.29, 1.82) is 0 Å². The smallest absolute Gasteiger partial charge is 0.324 e. The van der Waals surface area contributed by atoms with Crippen LogP contribution >= 0.6 is 0 Å². The van der Waals surface area contributed by atoms with Gasteiger partial charge in [-0.25, -0.2) is 14.0 Å². The molecule has 2 aromatic rings. The van der Waals surface area contributed by atoms with E-state index in [1.807, 2.05) is 0 Å². The van der Waals surface area contributed by atoms with Crippen LogP contribution in [0.1, 0.15) is 24.4 Å². The van der Waals surface area contributed by atoms with Gasteiger partial charge in [0.2, 0.25) is 11.8 Å². The van der Waals surface area contributed by atoms with Gasteiger partial charge in [-0.1, -0.05) is 18.2 Å². The zero-order valence-corrected chi connectivity index (χ0v) is 17.6. The summed E-state index contributed by atoms with van der Waals surface area (Å²) in [5.41, 5.74) is 1.17. The summed E-state index contributed by atoms with van der Waals surface area (Å²) in [6.07, 6.45) is 0.0911. The van der Waals surface area contributed by atoms with Crippen molar-refractivity contribution in [3.8, 4) is 0 Å². The van der Waals surface area contributed by atoms with Crippen LogP contribution in [0.25, 0.3) is 0 Å². The Morgan fingerprint density at radius 2 is 1.73 bits per heavy atom. The molecule has 6 amide bonds. The van der Waals surface area contributed by atoms with Gasteiger partial charge in [0.1, 0.15) is 5.82 Å². The molecule has 1 unspecified atom stereocenters. The second-order valence-electron chi connectivity index (χ2n) is 7.26. The number of amides is 6. The van der Waals surface area contributed by atoms with Crippen LogP contribution in [-0.4, -0.2) is 53.6 Å². The van der Waals surface area contributed by atoms with Gasteiger partial charge in [-0.3, -0.25) is 14.5 Å². The van der Waals surface area contributed by atoms with Gasteiger partial charge in [0.15, 0.2) is 0 Å². The monoisotopic (exact) mass is 457 g/mol. The Morgan fingerprint density at radius 1 is 1.06 bits per heavy atom. The van der Waals surface area contributed by atoms with E-state index in [1.54, 1.807) is 36.4 Å². The number of carbonyl (C=O) groups excluding carboxylic acids is 4. The fourth-order valence-corrected chi connectivity index (χ4v) is 3.27. The highest BCUT2D eigenvalue weighted by atomic mass is 19.1. The number of benzene rings is 2. The molecule has 0 saturated carbocycles. The Morgan fingerprint density at radius 3 is 2.33 bits per heavy atom. The number of hydrogen-bond acceptors (Lipinski definition) is 5. The Balaban J connectivity index is 1.50. The maximum Gasteiger partial charge on any atom is 0.324 e. The van der Waals surface area contributed by atoms with Crippen LogP contribution in [0.3, 0.4) is 0 Å². The van der Waals surface area contributed by atoms with Crippen molar-refractivity contribution in [3.05, 3.63) is 59.9 Å². The van der Waals surface area contributed by atoms with E-state index in [0.717, 1.165) is 4.90 Å². The molecule has 5 N–H and O–H groups in total. The first-order valence-corrected chi connectivity index (χ1v) is 10.3. The summed E-state index contributed by atoms with van der Waals surface area (Å²) < 4.78 is 14.0. The van der Waals surface area contributed by atoms with Crippen molar-refractivity contribution in [1.82, 2.24) is 15.5 Å². The summed E-state index contributed by atoms with van der Waals surface area (Å²) in [5, 5.41) is 19.5. The lowest BCUT2D eigenvalue weighted by molar-refractivity contribution is -0.125. The SMILES string of the molecule is O=C(CCN1C(=O)CNC1=O)Nc1ccc(NC(=O)NC(CCO)c2ccccc2F)cc1. The molecule has 0 aromatic heterocycles. The Labute approximate surface area is 189 Å². The third kappa shape index (κ3) is 6.50. The third-order valence-electron chi connectivity index (χ3n) is 4.93. The molecule has 10 nitrogen and oxygen atoms in total. The van der Waals surface area contributed by atoms with Gasteiger partial charge in [0, 0.05) is 36.5 Å². The Bertz CT molecular complexity index is 1010. The highest BCUT2D eigenvalue weighted by Crippen LogP contribution is 2.20. The summed E-state index contributed by atoms with van der Waals surface area (Å²) in [7, 11) is 0. The molecular formula is C22H24FN5O5. The highest BCUT2D eigenvalue weighted by molar-refractivity contribution is 6.02. The first-order valence-electron chi connectivity index (χ1n) is 10.3. The minimum absolute atomic E-state index is 0.0205. The summed E-state index contributed by atoms with van der Waals surface area (Å²) in [5.74, 6) is -1.23. The Kier molecular flexibility index (Phi) is 7.92. The molecule has 174 valence electrons. The lowest BCUT2D eigenvalue weighted by Gasteiger charge is -2.19. The van der Waals surface area contributed by atoms with Crippen molar-refractivity contribution >= 4 is 35.3 Å². The predicted molar refractivity (Wildman–Crippen MR) is 118 cm³/mol. The molecule has 1 saturated heterocycles. The zero-order chi connectivity index (χ0) is 23.8. The first kappa shape index (κ1) is 23.7. The number of nitrogens with one attached hydrogen (secondary N) is 4.